The van der Waals surface area contributed by atoms with Crippen molar-refractivity contribution in [2.45, 2.75) is 90.5 Å². The molecule has 2 heteroatoms. The summed E-state index contributed by atoms with van der Waals surface area (Å²) in [4.78, 5) is 0. The first-order chi connectivity index (χ1) is 12.6. The summed E-state index contributed by atoms with van der Waals surface area (Å²) in [6, 6.07) is 10.0. The number of unbranched alkanes of at least 4 members (excludes halogenated alkanes) is 1. The molecule has 0 aliphatic heterocycles. The van der Waals surface area contributed by atoms with Crippen LogP contribution in [0.3, 0.4) is 0 Å². The number of hydrogen-bond acceptors (Lipinski definition) is 2. The van der Waals surface area contributed by atoms with E-state index in [2.05, 4.69) is 57.3 Å². The second kappa shape index (κ2) is 11.1. The molecule has 0 amide bonds. The molecule has 0 heterocycles. The average Bonchev–Trinajstić information content (AvgIpc) is 2.64. The van der Waals surface area contributed by atoms with E-state index in [0.29, 0.717) is 11.5 Å². The van der Waals surface area contributed by atoms with E-state index in [1.54, 1.807) is 5.56 Å². The molecule has 1 unspecified atom stereocenters. The Balaban J connectivity index is 2.12. The van der Waals surface area contributed by atoms with Crippen LogP contribution in [0.1, 0.15) is 83.3 Å². The van der Waals surface area contributed by atoms with Gasteiger partial charge in [-0.1, -0.05) is 62.9 Å². The van der Waals surface area contributed by atoms with Gasteiger partial charge >= 0.3 is 0 Å². The molecule has 1 aromatic carbocycles. The van der Waals surface area contributed by atoms with Gasteiger partial charge in [0.25, 0.3) is 0 Å². The summed E-state index contributed by atoms with van der Waals surface area (Å²) in [6.07, 6.45) is 10.4. The van der Waals surface area contributed by atoms with Gasteiger partial charge in [-0.3, -0.25) is 0 Å². The Kier molecular flexibility index (Phi) is 9.15. The number of nitrogens with one attached hydrogen (secondary N) is 1. The first-order valence-corrected chi connectivity index (χ1v) is 11.0. The second-order valence-electron chi connectivity index (χ2n) is 8.62. The fraction of sp³-hybridized carbons (Fsp3) is 0.750. The van der Waals surface area contributed by atoms with Gasteiger partial charge < -0.3 is 10.1 Å². The van der Waals surface area contributed by atoms with Crippen molar-refractivity contribution < 1.29 is 4.74 Å². The third-order valence-electron chi connectivity index (χ3n) is 6.06. The molecular formula is C24H41NO. The Bertz CT molecular complexity index is 487. The number of ether oxygens (including phenoxy) is 1. The van der Waals surface area contributed by atoms with Gasteiger partial charge in [-0.25, -0.2) is 0 Å². The predicted octanol–water partition coefficient (Wildman–Crippen LogP) is 6.02. The lowest BCUT2D eigenvalue weighted by atomic mass is 9.63. The molecule has 148 valence electrons. The molecule has 1 N–H and O–H groups in total. The van der Waals surface area contributed by atoms with Gasteiger partial charge in [0, 0.05) is 24.7 Å². The van der Waals surface area contributed by atoms with Crippen LogP contribution >= 0.6 is 0 Å². The highest BCUT2D eigenvalue weighted by Crippen LogP contribution is 2.44. The molecule has 26 heavy (non-hydrogen) atoms. The molecule has 0 aromatic heterocycles. The first kappa shape index (κ1) is 21.4. The summed E-state index contributed by atoms with van der Waals surface area (Å²) in [7, 11) is 0. The van der Waals surface area contributed by atoms with Crippen molar-refractivity contribution in [3.8, 4) is 0 Å². The summed E-state index contributed by atoms with van der Waals surface area (Å²) >= 11 is 0. The van der Waals surface area contributed by atoms with Crippen LogP contribution in [0.4, 0.5) is 0 Å². The molecule has 2 nitrogen and oxygen atoms in total. The SMILES string of the molecule is CCOCCCCNC(CC(C)C)C1(c2ccc(C)cc2)CCCCC1. The predicted molar refractivity (Wildman–Crippen MR) is 113 cm³/mol. The third kappa shape index (κ3) is 6.09. The van der Waals surface area contributed by atoms with Gasteiger partial charge in [-0.2, -0.15) is 0 Å². The average molecular weight is 360 g/mol. The fourth-order valence-electron chi connectivity index (χ4n) is 4.63. The summed E-state index contributed by atoms with van der Waals surface area (Å²) in [5.74, 6) is 0.722. The van der Waals surface area contributed by atoms with Gasteiger partial charge in [-0.15, -0.1) is 0 Å². The van der Waals surface area contributed by atoms with E-state index in [1.165, 1.54) is 50.5 Å². The topological polar surface area (TPSA) is 21.3 Å². The molecule has 0 radical (unpaired) electrons. The van der Waals surface area contributed by atoms with E-state index in [-0.39, 0.29) is 0 Å². The van der Waals surface area contributed by atoms with Gasteiger partial charge in [0.15, 0.2) is 0 Å². The molecule has 0 spiro atoms. The van der Waals surface area contributed by atoms with Gasteiger partial charge in [-0.05, 0) is 64.0 Å². The van der Waals surface area contributed by atoms with Gasteiger partial charge in [0.05, 0.1) is 0 Å². The highest BCUT2D eigenvalue weighted by Gasteiger charge is 2.41. The highest BCUT2D eigenvalue weighted by atomic mass is 16.5. The Labute approximate surface area is 162 Å². The van der Waals surface area contributed by atoms with Crippen LogP contribution in [0.25, 0.3) is 0 Å². The maximum absolute atomic E-state index is 5.49. The van der Waals surface area contributed by atoms with Crippen molar-refractivity contribution in [1.29, 1.82) is 0 Å². The van der Waals surface area contributed by atoms with Crippen LogP contribution in [0, 0.1) is 12.8 Å². The van der Waals surface area contributed by atoms with Crippen molar-refractivity contribution in [1.82, 2.24) is 5.32 Å². The quantitative estimate of drug-likeness (QED) is 0.488. The van der Waals surface area contributed by atoms with Crippen LogP contribution in [0.5, 0.6) is 0 Å². The largest absolute Gasteiger partial charge is 0.382 e. The minimum absolute atomic E-state index is 0.316. The molecule has 0 bridgehead atoms. The van der Waals surface area contributed by atoms with E-state index >= 15 is 0 Å². The third-order valence-corrected chi connectivity index (χ3v) is 6.06. The van der Waals surface area contributed by atoms with Crippen LogP contribution in [0.2, 0.25) is 0 Å². The van der Waals surface area contributed by atoms with Crippen molar-refractivity contribution in [3.05, 3.63) is 35.4 Å². The maximum atomic E-state index is 5.49. The summed E-state index contributed by atoms with van der Waals surface area (Å²) in [5, 5.41) is 4.00. The number of hydrogen-bond donors (Lipinski definition) is 1. The minimum atomic E-state index is 0.316. The number of rotatable bonds is 11. The number of benzene rings is 1. The maximum Gasteiger partial charge on any atom is 0.0466 e. The zero-order valence-corrected chi connectivity index (χ0v) is 17.7. The van der Waals surface area contributed by atoms with E-state index in [4.69, 9.17) is 4.74 Å². The lowest BCUT2D eigenvalue weighted by Crippen LogP contribution is -2.50. The van der Waals surface area contributed by atoms with Crippen LogP contribution in [-0.4, -0.2) is 25.8 Å². The lowest BCUT2D eigenvalue weighted by molar-refractivity contribution is 0.141. The van der Waals surface area contributed by atoms with Gasteiger partial charge in [0.2, 0.25) is 0 Å². The molecule has 2 rings (SSSR count). The number of aryl methyl sites for hydroxylation is 1. The molecule has 1 fully saturated rings. The Hall–Kier alpha value is -0.860. The minimum Gasteiger partial charge on any atom is -0.382 e. The van der Waals surface area contributed by atoms with Crippen molar-refractivity contribution in [2.24, 2.45) is 5.92 Å². The Morgan fingerprint density at radius 3 is 2.35 bits per heavy atom. The summed E-state index contributed by atoms with van der Waals surface area (Å²) in [5.41, 5.74) is 3.25. The van der Waals surface area contributed by atoms with E-state index in [0.717, 1.165) is 32.1 Å². The molecule has 1 aromatic rings. The Morgan fingerprint density at radius 2 is 1.73 bits per heavy atom. The standard InChI is InChI=1S/C24H41NO/c1-5-26-18-10-9-17-25-23(19-20(2)3)24(15-7-6-8-16-24)22-13-11-21(4)12-14-22/h11-14,20,23,25H,5-10,15-19H2,1-4H3. The molecule has 1 atom stereocenters. The van der Waals surface area contributed by atoms with E-state index < -0.39 is 0 Å². The zero-order chi connectivity index (χ0) is 18.8. The van der Waals surface area contributed by atoms with Crippen molar-refractivity contribution >= 4 is 0 Å². The molecule has 1 saturated carbocycles. The fourth-order valence-corrected chi connectivity index (χ4v) is 4.63. The first-order valence-electron chi connectivity index (χ1n) is 11.0. The summed E-state index contributed by atoms with van der Waals surface area (Å²) in [6.45, 7) is 11.9. The molecule has 0 saturated heterocycles. The van der Waals surface area contributed by atoms with E-state index in [1.807, 2.05) is 0 Å². The van der Waals surface area contributed by atoms with Crippen LogP contribution < -0.4 is 5.32 Å². The molecular weight excluding hydrogens is 318 g/mol. The zero-order valence-electron chi connectivity index (χ0n) is 17.7. The summed E-state index contributed by atoms with van der Waals surface area (Å²) < 4.78 is 5.49. The Morgan fingerprint density at radius 1 is 1.04 bits per heavy atom. The lowest BCUT2D eigenvalue weighted by Gasteiger charge is -2.45. The van der Waals surface area contributed by atoms with Crippen molar-refractivity contribution in [2.75, 3.05) is 19.8 Å². The van der Waals surface area contributed by atoms with Crippen molar-refractivity contribution in [3.63, 3.8) is 0 Å². The molecule has 1 aliphatic rings. The van der Waals surface area contributed by atoms with Gasteiger partial charge in [0.1, 0.15) is 0 Å². The van der Waals surface area contributed by atoms with Crippen LogP contribution in [-0.2, 0) is 10.2 Å². The molecule has 1 aliphatic carbocycles. The smallest absolute Gasteiger partial charge is 0.0466 e. The second-order valence-corrected chi connectivity index (χ2v) is 8.62. The van der Waals surface area contributed by atoms with Crippen LogP contribution in [0.15, 0.2) is 24.3 Å². The van der Waals surface area contributed by atoms with E-state index in [9.17, 15) is 0 Å². The highest BCUT2D eigenvalue weighted by molar-refractivity contribution is 5.31. The normalized spacial score (nSPS) is 18.2. The monoisotopic (exact) mass is 359 g/mol.